The standard InChI is InChI=1S/C14H12ClFN2O2/c1-9-6-11(3-5-14(9)18(19)20)17-8-10-2-4-13(16)12(15)7-10/h2-7,17H,8H2,1H3. The van der Waals surface area contributed by atoms with Gasteiger partial charge in [0.2, 0.25) is 0 Å². The molecule has 2 aromatic rings. The Hall–Kier alpha value is -2.14. The molecule has 2 aromatic carbocycles. The van der Waals surface area contributed by atoms with Crippen molar-refractivity contribution in [1.29, 1.82) is 0 Å². The summed E-state index contributed by atoms with van der Waals surface area (Å²) in [4.78, 5) is 10.3. The molecule has 1 N–H and O–H groups in total. The van der Waals surface area contributed by atoms with Crippen LogP contribution < -0.4 is 5.32 Å². The molecule has 0 fully saturated rings. The number of benzene rings is 2. The predicted octanol–water partition coefficient (Wildman–Crippen LogP) is 4.31. The largest absolute Gasteiger partial charge is 0.381 e. The Bertz CT molecular complexity index is 662. The van der Waals surface area contributed by atoms with Gasteiger partial charge in [0.1, 0.15) is 5.82 Å². The van der Waals surface area contributed by atoms with Gasteiger partial charge in [-0.1, -0.05) is 17.7 Å². The van der Waals surface area contributed by atoms with Crippen molar-refractivity contribution in [3.8, 4) is 0 Å². The van der Waals surface area contributed by atoms with Crippen LogP contribution in [0.5, 0.6) is 0 Å². The van der Waals surface area contributed by atoms with Crippen molar-refractivity contribution in [2.75, 3.05) is 5.32 Å². The van der Waals surface area contributed by atoms with Crippen LogP contribution in [0, 0.1) is 22.9 Å². The summed E-state index contributed by atoms with van der Waals surface area (Å²) in [5.74, 6) is -0.457. The Labute approximate surface area is 120 Å². The fraction of sp³-hybridized carbons (Fsp3) is 0.143. The van der Waals surface area contributed by atoms with Gasteiger partial charge in [-0.05, 0) is 36.8 Å². The van der Waals surface area contributed by atoms with Crippen LogP contribution >= 0.6 is 11.6 Å². The molecule has 0 spiro atoms. The first kappa shape index (κ1) is 14.3. The van der Waals surface area contributed by atoms with E-state index in [0.717, 1.165) is 11.3 Å². The van der Waals surface area contributed by atoms with E-state index in [1.54, 1.807) is 31.2 Å². The molecular formula is C14H12ClFN2O2. The predicted molar refractivity (Wildman–Crippen MR) is 76.6 cm³/mol. The number of anilines is 1. The lowest BCUT2D eigenvalue weighted by Crippen LogP contribution is -2.01. The normalized spacial score (nSPS) is 10.3. The highest BCUT2D eigenvalue weighted by Gasteiger charge is 2.10. The lowest BCUT2D eigenvalue weighted by molar-refractivity contribution is -0.385. The third-order valence-corrected chi connectivity index (χ3v) is 3.16. The quantitative estimate of drug-likeness (QED) is 0.675. The summed E-state index contributed by atoms with van der Waals surface area (Å²) in [6.45, 7) is 2.13. The van der Waals surface area contributed by atoms with Gasteiger partial charge in [-0.3, -0.25) is 10.1 Å². The van der Waals surface area contributed by atoms with Gasteiger partial charge in [0.15, 0.2) is 0 Å². The fourth-order valence-electron chi connectivity index (χ4n) is 1.82. The van der Waals surface area contributed by atoms with Crippen LogP contribution in [0.25, 0.3) is 0 Å². The Morgan fingerprint density at radius 1 is 1.30 bits per heavy atom. The second-order valence-corrected chi connectivity index (χ2v) is 4.77. The van der Waals surface area contributed by atoms with Crippen LogP contribution in [-0.2, 0) is 6.54 Å². The summed E-state index contributed by atoms with van der Waals surface area (Å²) in [5.41, 5.74) is 2.25. The molecule has 0 bridgehead atoms. The summed E-state index contributed by atoms with van der Waals surface area (Å²) in [6, 6.07) is 9.27. The van der Waals surface area contributed by atoms with E-state index in [4.69, 9.17) is 11.6 Å². The third-order valence-electron chi connectivity index (χ3n) is 2.87. The minimum Gasteiger partial charge on any atom is -0.381 e. The number of nitro benzene ring substituents is 1. The average Bonchev–Trinajstić information content (AvgIpc) is 2.40. The summed E-state index contributed by atoms with van der Waals surface area (Å²) >= 11 is 5.70. The molecule has 2 rings (SSSR count). The van der Waals surface area contributed by atoms with E-state index < -0.39 is 10.7 Å². The number of halogens is 2. The third kappa shape index (κ3) is 3.24. The summed E-state index contributed by atoms with van der Waals surface area (Å²) in [6.07, 6.45) is 0. The molecule has 0 aliphatic carbocycles. The number of hydrogen-bond donors (Lipinski definition) is 1. The van der Waals surface area contributed by atoms with Gasteiger partial charge in [0.05, 0.1) is 9.95 Å². The van der Waals surface area contributed by atoms with E-state index in [0.29, 0.717) is 12.1 Å². The first-order valence-electron chi connectivity index (χ1n) is 5.90. The summed E-state index contributed by atoms with van der Waals surface area (Å²) < 4.78 is 13.0. The molecule has 0 unspecified atom stereocenters. The van der Waals surface area contributed by atoms with E-state index in [1.165, 1.54) is 12.1 Å². The van der Waals surface area contributed by atoms with Crippen molar-refractivity contribution >= 4 is 23.0 Å². The Morgan fingerprint density at radius 2 is 2.05 bits per heavy atom. The van der Waals surface area contributed by atoms with E-state index in [1.807, 2.05) is 0 Å². The minimum absolute atomic E-state index is 0.0733. The van der Waals surface area contributed by atoms with Crippen molar-refractivity contribution in [3.05, 3.63) is 68.5 Å². The topological polar surface area (TPSA) is 55.2 Å². The molecule has 0 saturated heterocycles. The van der Waals surface area contributed by atoms with Gasteiger partial charge in [0, 0.05) is 23.9 Å². The maximum atomic E-state index is 13.0. The highest BCUT2D eigenvalue weighted by atomic mass is 35.5. The maximum Gasteiger partial charge on any atom is 0.272 e. The van der Waals surface area contributed by atoms with Crippen molar-refractivity contribution in [1.82, 2.24) is 0 Å². The molecule has 0 radical (unpaired) electrons. The van der Waals surface area contributed by atoms with Crippen LogP contribution in [0.2, 0.25) is 5.02 Å². The molecular weight excluding hydrogens is 283 g/mol. The monoisotopic (exact) mass is 294 g/mol. The maximum absolute atomic E-state index is 13.0. The summed E-state index contributed by atoms with van der Waals surface area (Å²) in [7, 11) is 0. The van der Waals surface area contributed by atoms with Crippen LogP contribution in [-0.4, -0.2) is 4.92 Å². The van der Waals surface area contributed by atoms with Gasteiger partial charge in [0.25, 0.3) is 5.69 Å². The molecule has 0 amide bonds. The molecule has 0 aliphatic rings. The molecule has 20 heavy (non-hydrogen) atoms. The van der Waals surface area contributed by atoms with Crippen LogP contribution in [0.4, 0.5) is 15.8 Å². The van der Waals surface area contributed by atoms with Gasteiger partial charge >= 0.3 is 0 Å². The highest BCUT2D eigenvalue weighted by molar-refractivity contribution is 6.30. The number of nitrogens with one attached hydrogen (secondary N) is 1. The zero-order chi connectivity index (χ0) is 14.7. The molecule has 0 atom stereocenters. The van der Waals surface area contributed by atoms with Crippen LogP contribution in [0.3, 0.4) is 0 Å². The first-order valence-corrected chi connectivity index (χ1v) is 6.28. The van der Waals surface area contributed by atoms with Gasteiger partial charge < -0.3 is 5.32 Å². The number of nitrogens with zero attached hydrogens (tertiary/aromatic N) is 1. The second-order valence-electron chi connectivity index (χ2n) is 4.36. The van der Waals surface area contributed by atoms with Gasteiger partial charge in [-0.25, -0.2) is 4.39 Å². The molecule has 104 valence electrons. The highest BCUT2D eigenvalue weighted by Crippen LogP contribution is 2.22. The van der Waals surface area contributed by atoms with Crippen LogP contribution in [0.1, 0.15) is 11.1 Å². The van der Waals surface area contributed by atoms with E-state index in [-0.39, 0.29) is 10.7 Å². The fourth-order valence-corrected chi connectivity index (χ4v) is 2.03. The Kier molecular flexibility index (Phi) is 4.20. The Morgan fingerprint density at radius 3 is 2.65 bits per heavy atom. The van der Waals surface area contributed by atoms with E-state index >= 15 is 0 Å². The number of hydrogen-bond acceptors (Lipinski definition) is 3. The minimum atomic E-state index is -0.457. The van der Waals surface area contributed by atoms with Crippen molar-refractivity contribution in [2.45, 2.75) is 13.5 Å². The van der Waals surface area contributed by atoms with E-state index in [2.05, 4.69) is 5.32 Å². The van der Waals surface area contributed by atoms with Crippen molar-refractivity contribution in [3.63, 3.8) is 0 Å². The summed E-state index contributed by atoms with van der Waals surface area (Å²) in [5, 5.41) is 13.9. The Balaban J connectivity index is 2.09. The number of rotatable bonds is 4. The average molecular weight is 295 g/mol. The zero-order valence-corrected chi connectivity index (χ0v) is 11.4. The van der Waals surface area contributed by atoms with Crippen molar-refractivity contribution < 1.29 is 9.31 Å². The van der Waals surface area contributed by atoms with Gasteiger partial charge in [-0.15, -0.1) is 0 Å². The number of nitro groups is 1. The second kappa shape index (κ2) is 5.88. The molecule has 0 aromatic heterocycles. The van der Waals surface area contributed by atoms with Crippen LogP contribution in [0.15, 0.2) is 36.4 Å². The first-order chi connectivity index (χ1) is 9.47. The van der Waals surface area contributed by atoms with Crippen molar-refractivity contribution in [2.24, 2.45) is 0 Å². The zero-order valence-electron chi connectivity index (χ0n) is 10.7. The van der Waals surface area contributed by atoms with E-state index in [9.17, 15) is 14.5 Å². The smallest absolute Gasteiger partial charge is 0.272 e. The lowest BCUT2D eigenvalue weighted by atomic mass is 10.1. The lowest BCUT2D eigenvalue weighted by Gasteiger charge is -2.08. The van der Waals surface area contributed by atoms with Gasteiger partial charge in [-0.2, -0.15) is 0 Å². The molecule has 0 saturated carbocycles. The molecule has 4 nitrogen and oxygen atoms in total. The molecule has 0 aliphatic heterocycles. The SMILES string of the molecule is Cc1cc(NCc2ccc(F)c(Cl)c2)ccc1[N+](=O)[O-]. The number of aryl methyl sites for hydroxylation is 1. The molecule has 0 heterocycles. The molecule has 6 heteroatoms.